The molecule has 0 fully saturated rings. The lowest BCUT2D eigenvalue weighted by molar-refractivity contribution is -0.122. The van der Waals surface area contributed by atoms with Gasteiger partial charge < -0.3 is 5.32 Å². The smallest absolute Gasteiger partial charge is 0.243 e. The first-order chi connectivity index (χ1) is 13.2. The van der Waals surface area contributed by atoms with Crippen LogP contribution in [0.3, 0.4) is 0 Å². The Morgan fingerprint density at radius 1 is 1.18 bits per heavy atom. The molecule has 0 saturated heterocycles. The first kappa shape index (κ1) is 22.2. The molecule has 0 saturated carbocycles. The maximum absolute atomic E-state index is 13.2. The molecule has 0 aliphatic heterocycles. The zero-order valence-electron chi connectivity index (χ0n) is 15.9. The Hall–Kier alpha value is -2.12. The molecule has 1 atom stereocenters. The number of hydrogen-bond acceptors (Lipinski definition) is 3. The van der Waals surface area contributed by atoms with E-state index in [1.807, 2.05) is 24.3 Å². The van der Waals surface area contributed by atoms with Gasteiger partial charge in [-0.3, -0.25) is 9.10 Å². The SMILES string of the molecule is CC[C@H](C(=O)NCCCc1ccccc1Cl)N(c1ccc(F)cc1)S(C)(=O)=O. The molecule has 2 aromatic carbocycles. The summed E-state index contributed by atoms with van der Waals surface area (Å²) in [5, 5.41) is 3.48. The third-order valence-electron chi connectivity index (χ3n) is 4.29. The second-order valence-electron chi connectivity index (χ2n) is 6.45. The molecule has 28 heavy (non-hydrogen) atoms. The number of anilines is 1. The molecule has 1 amide bonds. The predicted molar refractivity (Wildman–Crippen MR) is 111 cm³/mol. The maximum atomic E-state index is 13.2. The van der Waals surface area contributed by atoms with E-state index < -0.39 is 27.8 Å². The van der Waals surface area contributed by atoms with E-state index in [4.69, 9.17) is 11.6 Å². The molecule has 152 valence electrons. The largest absolute Gasteiger partial charge is 0.354 e. The van der Waals surface area contributed by atoms with Crippen molar-refractivity contribution in [3.63, 3.8) is 0 Å². The average Bonchev–Trinajstić information content (AvgIpc) is 2.64. The van der Waals surface area contributed by atoms with Crippen molar-refractivity contribution < 1.29 is 17.6 Å². The summed E-state index contributed by atoms with van der Waals surface area (Å²) < 4.78 is 38.9. The molecule has 0 aliphatic rings. The summed E-state index contributed by atoms with van der Waals surface area (Å²) in [6.45, 7) is 2.12. The zero-order chi connectivity index (χ0) is 20.7. The maximum Gasteiger partial charge on any atom is 0.243 e. The Morgan fingerprint density at radius 3 is 2.39 bits per heavy atom. The summed E-state index contributed by atoms with van der Waals surface area (Å²) in [5.74, 6) is -0.870. The van der Waals surface area contributed by atoms with E-state index in [2.05, 4.69) is 5.32 Å². The van der Waals surface area contributed by atoms with E-state index >= 15 is 0 Å². The van der Waals surface area contributed by atoms with E-state index in [-0.39, 0.29) is 12.1 Å². The van der Waals surface area contributed by atoms with E-state index in [0.29, 0.717) is 24.4 Å². The number of hydrogen-bond donors (Lipinski definition) is 1. The number of carbonyl (C=O) groups excluding carboxylic acids is 1. The molecule has 0 bridgehead atoms. The average molecular weight is 427 g/mol. The highest BCUT2D eigenvalue weighted by Crippen LogP contribution is 2.23. The van der Waals surface area contributed by atoms with Gasteiger partial charge in [0.2, 0.25) is 15.9 Å². The number of halogens is 2. The Balaban J connectivity index is 2.05. The minimum Gasteiger partial charge on any atom is -0.354 e. The van der Waals surface area contributed by atoms with Gasteiger partial charge in [-0.15, -0.1) is 0 Å². The first-order valence-electron chi connectivity index (χ1n) is 9.00. The fourth-order valence-corrected chi connectivity index (χ4v) is 4.40. The number of rotatable bonds is 9. The van der Waals surface area contributed by atoms with Gasteiger partial charge in [0, 0.05) is 11.6 Å². The van der Waals surface area contributed by atoms with Crippen LogP contribution < -0.4 is 9.62 Å². The van der Waals surface area contributed by atoms with Crippen LogP contribution >= 0.6 is 11.6 Å². The molecule has 2 aromatic rings. The summed E-state index contributed by atoms with van der Waals surface area (Å²) in [6, 6.07) is 11.6. The summed E-state index contributed by atoms with van der Waals surface area (Å²) in [6.07, 6.45) is 2.68. The van der Waals surface area contributed by atoms with Gasteiger partial charge in [-0.25, -0.2) is 12.8 Å². The monoisotopic (exact) mass is 426 g/mol. The molecular weight excluding hydrogens is 403 g/mol. The zero-order valence-corrected chi connectivity index (χ0v) is 17.4. The molecular formula is C20H24ClFN2O3S. The van der Waals surface area contributed by atoms with Crippen LogP contribution in [0.15, 0.2) is 48.5 Å². The number of aryl methyl sites for hydroxylation is 1. The highest BCUT2D eigenvalue weighted by molar-refractivity contribution is 7.92. The second kappa shape index (κ2) is 9.89. The lowest BCUT2D eigenvalue weighted by atomic mass is 10.1. The Morgan fingerprint density at radius 2 is 1.82 bits per heavy atom. The minimum absolute atomic E-state index is 0.252. The van der Waals surface area contributed by atoms with Crippen molar-refractivity contribution in [2.24, 2.45) is 0 Å². The van der Waals surface area contributed by atoms with Gasteiger partial charge in [-0.1, -0.05) is 36.7 Å². The Kier molecular flexibility index (Phi) is 7.83. The highest BCUT2D eigenvalue weighted by atomic mass is 35.5. The molecule has 1 N–H and O–H groups in total. The number of nitrogens with zero attached hydrogens (tertiary/aromatic N) is 1. The van der Waals surface area contributed by atoms with Crippen molar-refractivity contribution in [2.75, 3.05) is 17.1 Å². The number of carbonyl (C=O) groups is 1. The quantitative estimate of drug-likeness (QED) is 0.620. The van der Waals surface area contributed by atoms with Crippen LogP contribution in [0.1, 0.15) is 25.3 Å². The molecule has 0 radical (unpaired) electrons. The standard InChI is InChI=1S/C20H24ClFN2O3S/c1-3-19(24(28(2,26)27)17-12-10-16(22)11-13-17)20(25)23-14-6-8-15-7-4-5-9-18(15)21/h4-5,7,9-13,19H,3,6,8,14H2,1-2H3,(H,23,25)/t19-/m1/s1. The van der Waals surface area contributed by atoms with Crippen molar-refractivity contribution in [1.29, 1.82) is 0 Å². The van der Waals surface area contributed by atoms with Gasteiger partial charge in [0.15, 0.2) is 0 Å². The van der Waals surface area contributed by atoms with E-state index in [0.717, 1.165) is 16.1 Å². The third-order valence-corrected chi connectivity index (χ3v) is 5.84. The van der Waals surface area contributed by atoms with E-state index in [1.165, 1.54) is 24.3 Å². The van der Waals surface area contributed by atoms with Crippen LogP contribution in [0.25, 0.3) is 0 Å². The van der Waals surface area contributed by atoms with Crippen LogP contribution in [0.4, 0.5) is 10.1 Å². The Labute approximate surface area is 170 Å². The lowest BCUT2D eigenvalue weighted by Gasteiger charge is -2.30. The van der Waals surface area contributed by atoms with E-state index in [1.54, 1.807) is 6.92 Å². The molecule has 0 aromatic heterocycles. The van der Waals surface area contributed by atoms with Crippen LogP contribution in [0.2, 0.25) is 5.02 Å². The van der Waals surface area contributed by atoms with Gasteiger partial charge in [-0.05, 0) is 55.2 Å². The molecule has 0 spiro atoms. The van der Waals surface area contributed by atoms with E-state index in [9.17, 15) is 17.6 Å². The van der Waals surface area contributed by atoms with Crippen LogP contribution in [0.5, 0.6) is 0 Å². The van der Waals surface area contributed by atoms with Crippen LogP contribution in [-0.4, -0.2) is 33.2 Å². The van der Waals surface area contributed by atoms with Gasteiger partial charge >= 0.3 is 0 Å². The summed E-state index contributed by atoms with van der Waals surface area (Å²) in [5.41, 5.74) is 1.25. The van der Waals surface area contributed by atoms with Crippen molar-refractivity contribution >= 4 is 33.2 Å². The van der Waals surface area contributed by atoms with Gasteiger partial charge in [0.25, 0.3) is 0 Å². The minimum atomic E-state index is -3.73. The van der Waals surface area contributed by atoms with Gasteiger partial charge in [0.05, 0.1) is 11.9 Å². The molecule has 0 unspecified atom stereocenters. The van der Waals surface area contributed by atoms with Crippen molar-refractivity contribution in [1.82, 2.24) is 5.32 Å². The third kappa shape index (κ3) is 5.94. The topological polar surface area (TPSA) is 66.5 Å². The summed E-state index contributed by atoms with van der Waals surface area (Å²) in [4.78, 5) is 12.7. The Bertz CT molecular complexity index is 904. The molecule has 0 heterocycles. The van der Waals surface area contributed by atoms with Crippen LogP contribution in [-0.2, 0) is 21.2 Å². The molecule has 2 rings (SSSR count). The number of amides is 1. The van der Waals surface area contributed by atoms with Crippen molar-refractivity contribution in [2.45, 2.75) is 32.2 Å². The molecule has 5 nitrogen and oxygen atoms in total. The highest BCUT2D eigenvalue weighted by Gasteiger charge is 2.31. The molecule has 8 heteroatoms. The number of sulfonamides is 1. The van der Waals surface area contributed by atoms with Crippen molar-refractivity contribution in [3.05, 3.63) is 64.9 Å². The predicted octanol–water partition coefficient (Wildman–Crippen LogP) is 3.77. The summed E-state index contributed by atoms with van der Waals surface area (Å²) >= 11 is 6.12. The number of nitrogens with one attached hydrogen (secondary N) is 1. The van der Waals surface area contributed by atoms with Gasteiger partial charge in [0.1, 0.15) is 11.9 Å². The second-order valence-corrected chi connectivity index (χ2v) is 8.71. The number of benzene rings is 2. The normalized spacial score (nSPS) is 12.4. The first-order valence-corrected chi connectivity index (χ1v) is 11.2. The lowest BCUT2D eigenvalue weighted by Crippen LogP contribution is -2.49. The summed E-state index contributed by atoms with van der Waals surface area (Å²) in [7, 11) is -3.73. The van der Waals surface area contributed by atoms with Crippen LogP contribution in [0, 0.1) is 5.82 Å². The van der Waals surface area contributed by atoms with Gasteiger partial charge in [-0.2, -0.15) is 0 Å². The van der Waals surface area contributed by atoms with Crippen molar-refractivity contribution in [3.8, 4) is 0 Å². The molecule has 0 aliphatic carbocycles. The fourth-order valence-electron chi connectivity index (χ4n) is 2.96. The fraction of sp³-hybridized carbons (Fsp3) is 0.350.